The number of rotatable bonds is 5. The van der Waals surface area contributed by atoms with E-state index < -0.39 is 0 Å². The van der Waals surface area contributed by atoms with Crippen LogP contribution in [-0.2, 0) is 5.75 Å². The number of thioether (sulfide) groups is 1. The monoisotopic (exact) mass is 343 g/mol. The summed E-state index contributed by atoms with van der Waals surface area (Å²) in [5, 5.41) is 9.14. The van der Waals surface area contributed by atoms with Crippen LogP contribution in [0.2, 0.25) is 0 Å². The van der Waals surface area contributed by atoms with Gasteiger partial charge in [0.15, 0.2) is 11.0 Å². The van der Waals surface area contributed by atoms with Gasteiger partial charge in [0, 0.05) is 11.8 Å². The van der Waals surface area contributed by atoms with Gasteiger partial charge in [-0.1, -0.05) is 42.1 Å². The Kier molecular flexibility index (Phi) is 4.06. The lowest BCUT2D eigenvalue weighted by molar-refractivity contribution is 0.616. The lowest BCUT2D eigenvalue weighted by Gasteiger charge is -2.09. The minimum Gasteiger partial charge on any atom is -0.299 e. The number of hydrogen-bond acceptors (Lipinski definition) is 3. The van der Waals surface area contributed by atoms with E-state index in [4.69, 9.17) is 0 Å². The van der Waals surface area contributed by atoms with Gasteiger partial charge in [0.25, 0.3) is 0 Å². The van der Waals surface area contributed by atoms with Crippen molar-refractivity contribution in [3.63, 3.8) is 0 Å². The molecule has 1 fully saturated rings. The molecule has 24 heavy (non-hydrogen) atoms. The summed E-state index contributed by atoms with van der Waals surface area (Å²) in [6.07, 6.45) is 2.07. The van der Waals surface area contributed by atoms with Crippen LogP contribution in [0.1, 0.15) is 24.4 Å². The van der Waals surface area contributed by atoms with Crippen LogP contribution in [0.5, 0.6) is 0 Å². The number of benzene rings is 2. The van der Waals surface area contributed by atoms with Gasteiger partial charge < -0.3 is 0 Å². The molecule has 1 aromatic heterocycles. The van der Waals surface area contributed by atoms with Crippen molar-refractivity contribution in [3.05, 3.63) is 65.7 Å². The first-order chi connectivity index (χ1) is 11.7. The van der Waals surface area contributed by atoms with Crippen molar-refractivity contribution < 1.29 is 8.78 Å². The van der Waals surface area contributed by atoms with Crippen molar-refractivity contribution in [1.29, 1.82) is 0 Å². The van der Waals surface area contributed by atoms with E-state index in [2.05, 4.69) is 10.2 Å². The molecular weight excluding hydrogens is 328 g/mol. The summed E-state index contributed by atoms with van der Waals surface area (Å²) in [6.45, 7) is 0. The molecule has 1 aliphatic rings. The fourth-order valence-corrected chi connectivity index (χ4v) is 3.61. The second-order valence-corrected chi connectivity index (χ2v) is 6.71. The molecule has 0 N–H and O–H groups in total. The first-order valence-corrected chi connectivity index (χ1v) is 8.78. The Balaban J connectivity index is 1.65. The molecule has 122 valence electrons. The van der Waals surface area contributed by atoms with Crippen LogP contribution in [0.3, 0.4) is 0 Å². The Bertz CT molecular complexity index is 874. The highest BCUT2D eigenvalue weighted by molar-refractivity contribution is 7.98. The molecule has 0 aliphatic heterocycles. The second kappa shape index (κ2) is 6.36. The first kappa shape index (κ1) is 15.3. The van der Waals surface area contributed by atoms with Crippen LogP contribution < -0.4 is 0 Å². The fourth-order valence-electron chi connectivity index (χ4n) is 2.62. The zero-order valence-electron chi connectivity index (χ0n) is 12.8. The molecule has 6 heteroatoms. The maximum Gasteiger partial charge on any atom is 0.192 e. The summed E-state index contributed by atoms with van der Waals surface area (Å²) >= 11 is 1.43. The Morgan fingerprint density at radius 3 is 2.38 bits per heavy atom. The number of halogens is 2. The third-order valence-electron chi connectivity index (χ3n) is 4.01. The maximum absolute atomic E-state index is 14.1. The average molecular weight is 343 g/mol. The van der Waals surface area contributed by atoms with Gasteiger partial charge in [-0.25, -0.2) is 8.78 Å². The van der Waals surface area contributed by atoms with E-state index in [1.807, 2.05) is 10.6 Å². The molecule has 0 bridgehead atoms. The Hall–Kier alpha value is -2.21. The minimum absolute atomic E-state index is 0.225. The molecule has 0 spiro atoms. The second-order valence-electron chi connectivity index (χ2n) is 5.77. The molecule has 1 heterocycles. The zero-order chi connectivity index (χ0) is 16.5. The van der Waals surface area contributed by atoms with E-state index in [0.717, 1.165) is 12.8 Å². The van der Waals surface area contributed by atoms with Crippen molar-refractivity contribution in [1.82, 2.24) is 14.8 Å². The Morgan fingerprint density at radius 1 is 0.958 bits per heavy atom. The molecule has 2 aromatic carbocycles. The quantitative estimate of drug-likeness (QED) is 0.621. The molecule has 3 nitrogen and oxygen atoms in total. The highest BCUT2D eigenvalue weighted by atomic mass is 32.2. The van der Waals surface area contributed by atoms with Gasteiger partial charge in [-0.2, -0.15) is 0 Å². The van der Waals surface area contributed by atoms with Gasteiger partial charge in [0.2, 0.25) is 0 Å². The number of nitrogens with zero attached hydrogens (tertiary/aromatic N) is 3. The van der Waals surface area contributed by atoms with Crippen LogP contribution >= 0.6 is 11.8 Å². The van der Waals surface area contributed by atoms with E-state index >= 15 is 0 Å². The third kappa shape index (κ3) is 2.94. The van der Waals surface area contributed by atoms with E-state index in [-0.39, 0.29) is 11.6 Å². The maximum atomic E-state index is 14.1. The highest BCUT2D eigenvalue weighted by Crippen LogP contribution is 2.41. The van der Waals surface area contributed by atoms with Crippen molar-refractivity contribution in [2.24, 2.45) is 0 Å². The molecule has 0 unspecified atom stereocenters. The smallest absolute Gasteiger partial charge is 0.192 e. The summed E-state index contributed by atoms with van der Waals surface area (Å²) in [5.74, 6) is 0.482. The molecule has 1 aliphatic carbocycles. The SMILES string of the molecule is Fc1ccccc1CSc1nnc(-c2ccccc2F)n1C1CC1. The first-order valence-electron chi connectivity index (χ1n) is 7.80. The Labute approximate surface area is 142 Å². The average Bonchev–Trinajstić information content (AvgIpc) is 3.35. The molecule has 0 amide bonds. The van der Waals surface area contributed by atoms with Crippen molar-refractivity contribution in [2.45, 2.75) is 29.8 Å². The van der Waals surface area contributed by atoms with E-state index in [1.54, 1.807) is 30.3 Å². The van der Waals surface area contributed by atoms with Crippen LogP contribution in [0.15, 0.2) is 53.7 Å². The lowest BCUT2D eigenvalue weighted by atomic mass is 10.2. The number of aromatic nitrogens is 3. The summed E-state index contributed by atoms with van der Waals surface area (Å²) in [6, 6.07) is 13.6. The van der Waals surface area contributed by atoms with Crippen molar-refractivity contribution in [2.75, 3.05) is 0 Å². The summed E-state index contributed by atoms with van der Waals surface area (Å²) in [7, 11) is 0. The lowest BCUT2D eigenvalue weighted by Crippen LogP contribution is -2.01. The molecule has 0 radical (unpaired) electrons. The molecule has 1 saturated carbocycles. The van der Waals surface area contributed by atoms with Crippen molar-refractivity contribution >= 4 is 11.8 Å². The fraction of sp³-hybridized carbons (Fsp3) is 0.222. The van der Waals surface area contributed by atoms with E-state index in [9.17, 15) is 8.78 Å². The van der Waals surface area contributed by atoms with Crippen LogP contribution in [0.4, 0.5) is 8.78 Å². The Morgan fingerprint density at radius 2 is 1.67 bits per heavy atom. The number of hydrogen-bond donors (Lipinski definition) is 0. The normalized spacial score (nSPS) is 14.1. The van der Waals surface area contributed by atoms with Gasteiger partial charge in [0.05, 0.1) is 5.56 Å². The largest absolute Gasteiger partial charge is 0.299 e. The predicted octanol–water partition coefficient (Wildman–Crippen LogP) is 4.85. The van der Waals surface area contributed by atoms with Gasteiger partial charge in [-0.05, 0) is 36.6 Å². The zero-order valence-corrected chi connectivity index (χ0v) is 13.6. The van der Waals surface area contributed by atoms with Gasteiger partial charge >= 0.3 is 0 Å². The highest BCUT2D eigenvalue weighted by Gasteiger charge is 2.30. The van der Waals surface area contributed by atoms with Gasteiger partial charge in [-0.3, -0.25) is 4.57 Å². The molecule has 4 rings (SSSR count). The molecular formula is C18H15F2N3S. The van der Waals surface area contributed by atoms with E-state index in [0.29, 0.717) is 33.9 Å². The summed E-state index contributed by atoms with van der Waals surface area (Å²) in [5.41, 5.74) is 1.08. The van der Waals surface area contributed by atoms with Crippen LogP contribution in [0.25, 0.3) is 11.4 Å². The topological polar surface area (TPSA) is 30.7 Å². The molecule has 0 saturated heterocycles. The predicted molar refractivity (Wildman–Crippen MR) is 89.6 cm³/mol. The minimum atomic E-state index is -0.308. The van der Waals surface area contributed by atoms with Crippen LogP contribution in [0, 0.1) is 11.6 Å². The van der Waals surface area contributed by atoms with Crippen LogP contribution in [-0.4, -0.2) is 14.8 Å². The summed E-state index contributed by atoms with van der Waals surface area (Å²) < 4.78 is 29.9. The van der Waals surface area contributed by atoms with Gasteiger partial charge in [-0.15, -0.1) is 10.2 Å². The summed E-state index contributed by atoms with van der Waals surface area (Å²) in [4.78, 5) is 0. The standard InChI is InChI=1S/C18H15F2N3S/c19-15-7-3-1-5-12(15)11-24-18-22-21-17(23(18)13-9-10-13)14-6-2-4-8-16(14)20/h1-8,13H,9-11H2. The van der Waals surface area contributed by atoms with Gasteiger partial charge in [0.1, 0.15) is 11.6 Å². The molecule has 0 atom stereocenters. The van der Waals surface area contributed by atoms with E-state index in [1.165, 1.54) is 23.9 Å². The van der Waals surface area contributed by atoms with Crippen molar-refractivity contribution in [3.8, 4) is 11.4 Å². The third-order valence-corrected chi connectivity index (χ3v) is 5.00. The molecule has 3 aromatic rings.